The molecule has 0 unspecified atom stereocenters. The van der Waals surface area contributed by atoms with Gasteiger partial charge in [0.15, 0.2) is 17.5 Å². The summed E-state index contributed by atoms with van der Waals surface area (Å²) in [6.45, 7) is 2.78. The molecule has 0 amide bonds. The average Bonchev–Trinajstić information content (AvgIpc) is 2.73. The normalized spacial score (nSPS) is 11.3. The van der Waals surface area contributed by atoms with Crippen LogP contribution in [0.4, 0.5) is 0 Å². The smallest absolute Gasteiger partial charge is 0.188 e. The summed E-state index contributed by atoms with van der Waals surface area (Å²) in [4.78, 5) is 4.33. The van der Waals surface area contributed by atoms with Crippen LogP contribution in [0.2, 0.25) is 0 Å². The van der Waals surface area contributed by atoms with Gasteiger partial charge in [-0.15, -0.1) is 0 Å². The fourth-order valence-electron chi connectivity index (χ4n) is 2.73. The van der Waals surface area contributed by atoms with Gasteiger partial charge in [0, 0.05) is 19.7 Å². The van der Waals surface area contributed by atoms with E-state index in [4.69, 9.17) is 19.9 Å². The summed E-state index contributed by atoms with van der Waals surface area (Å²) >= 11 is 0. The molecule has 0 atom stereocenters. The number of guanidine groups is 1. The molecule has 0 heterocycles. The van der Waals surface area contributed by atoms with E-state index in [-0.39, 0.29) is 0 Å². The molecule has 2 aromatic carbocycles. The first-order valence-electron chi connectivity index (χ1n) is 9.59. The third-order valence-corrected chi connectivity index (χ3v) is 4.27. The minimum Gasteiger partial charge on any atom is -0.493 e. The Morgan fingerprint density at radius 2 is 1.71 bits per heavy atom. The second kappa shape index (κ2) is 12.6. The molecule has 0 radical (unpaired) electrons. The molecule has 2 aromatic rings. The van der Waals surface area contributed by atoms with Crippen molar-refractivity contribution >= 4 is 5.96 Å². The Bertz CT molecular complexity index is 720. The molecule has 0 aliphatic rings. The van der Waals surface area contributed by atoms with Crippen LogP contribution in [0, 0.1) is 0 Å². The highest BCUT2D eigenvalue weighted by Crippen LogP contribution is 2.27. The molecule has 0 aromatic heterocycles. The Hall–Kier alpha value is -2.73. The van der Waals surface area contributed by atoms with Gasteiger partial charge in [0.1, 0.15) is 0 Å². The molecule has 6 heteroatoms. The van der Waals surface area contributed by atoms with Crippen LogP contribution in [-0.4, -0.2) is 46.5 Å². The predicted octanol–water partition coefficient (Wildman–Crippen LogP) is 2.80. The molecular weight excluding hydrogens is 354 g/mol. The highest BCUT2D eigenvalue weighted by Gasteiger charge is 2.04. The number of rotatable bonds is 12. The number of nitrogens with zero attached hydrogens (tertiary/aromatic N) is 1. The van der Waals surface area contributed by atoms with Crippen LogP contribution in [-0.2, 0) is 17.6 Å². The first kappa shape index (κ1) is 21.6. The van der Waals surface area contributed by atoms with Crippen molar-refractivity contribution in [3.63, 3.8) is 0 Å². The van der Waals surface area contributed by atoms with Crippen molar-refractivity contribution in [1.82, 2.24) is 5.32 Å². The van der Waals surface area contributed by atoms with Crippen LogP contribution in [0.5, 0.6) is 11.5 Å². The molecule has 6 nitrogen and oxygen atoms in total. The maximum absolute atomic E-state index is 5.91. The summed E-state index contributed by atoms with van der Waals surface area (Å²) in [5, 5.41) is 3.14. The molecule has 0 saturated heterocycles. The first-order valence-corrected chi connectivity index (χ1v) is 9.59. The third kappa shape index (κ3) is 7.88. The molecule has 3 N–H and O–H groups in total. The lowest BCUT2D eigenvalue weighted by atomic mass is 10.1. The first-order chi connectivity index (χ1) is 13.7. The van der Waals surface area contributed by atoms with Gasteiger partial charge in [-0.1, -0.05) is 36.4 Å². The Morgan fingerprint density at radius 3 is 2.46 bits per heavy atom. The summed E-state index contributed by atoms with van der Waals surface area (Å²) < 4.78 is 16.2. The maximum Gasteiger partial charge on any atom is 0.188 e. The predicted molar refractivity (Wildman–Crippen MR) is 113 cm³/mol. The molecule has 28 heavy (non-hydrogen) atoms. The molecular formula is C22H31N3O3. The van der Waals surface area contributed by atoms with Crippen molar-refractivity contribution in [3.8, 4) is 11.5 Å². The van der Waals surface area contributed by atoms with Gasteiger partial charge in [0.05, 0.1) is 20.8 Å². The maximum atomic E-state index is 5.91. The van der Waals surface area contributed by atoms with Crippen LogP contribution in [0.1, 0.15) is 17.5 Å². The Morgan fingerprint density at radius 1 is 0.929 bits per heavy atom. The van der Waals surface area contributed by atoms with E-state index >= 15 is 0 Å². The van der Waals surface area contributed by atoms with Crippen molar-refractivity contribution < 1.29 is 14.2 Å². The summed E-state index contributed by atoms with van der Waals surface area (Å²) in [7, 11) is 3.26. The van der Waals surface area contributed by atoms with Gasteiger partial charge >= 0.3 is 0 Å². The second-order valence-electron chi connectivity index (χ2n) is 6.33. The van der Waals surface area contributed by atoms with E-state index in [0.29, 0.717) is 25.7 Å². The zero-order chi connectivity index (χ0) is 20.0. The summed E-state index contributed by atoms with van der Waals surface area (Å²) in [6.07, 6.45) is 2.61. The molecule has 2 rings (SSSR count). The Balaban J connectivity index is 1.56. The van der Waals surface area contributed by atoms with E-state index < -0.39 is 0 Å². The lowest BCUT2D eigenvalue weighted by Crippen LogP contribution is -2.33. The van der Waals surface area contributed by atoms with E-state index in [1.54, 1.807) is 14.2 Å². The van der Waals surface area contributed by atoms with E-state index in [1.807, 2.05) is 36.4 Å². The largest absolute Gasteiger partial charge is 0.493 e. The van der Waals surface area contributed by atoms with E-state index in [1.165, 1.54) is 5.56 Å². The van der Waals surface area contributed by atoms with Crippen molar-refractivity contribution in [2.75, 3.05) is 40.5 Å². The number of hydrogen-bond donors (Lipinski definition) is 2. The summed E-state index contributed by atoms with van der Waals surface area (Å²) in [5.74, 6) is 1.92. The second-order valence-corrected chi connectivity index (χ2v) is 6.33. The van der Waals surface area contributed by atoms with Crippen LogP contribution in [0.15, 0.2) is 53.5 Å². The molecule has 0 aliphatic carbocycles. The SMILES string of the molecule is COc1ccc(CCNC(N)=NCCCOCCc2ccccc2)cc1OC. The van der Waals surface area contributed by atoms with Gasteiger partial charge in [0.2, 0.25) is 0 Å². The van der Waals surface area contributed by atoms with Crippen LogP contribution in [0.3, 0.4) is 0 Å². The lowest BCUT2D eigenvalue weighted by molar-refractivity contribution is 0.136. The average molecular weight is 386 g/mol. The fourth-order valence-corrected chi connectivity index (χ4v) is 2.73. The number of benzene rings is 2. The number of ether oxygens (including phenoxy) is 3. The highest BCUT2D eigenvalue weighted by atomic mass is 16.5. The van der Waals surface area contributed by atoms with Crippen LogP contribution in [0.25, 0.3) is 0 Å². The van der Waals surface area contributed by atoms with E-state index in [9.17, 15) is 0 Å². The van der Waals surface area contributed by atoms with Crippen molar-refractivity contribution in [2.24, 2.45) is 10.7 Å². The molecule has 0 spiro atoms. The van der Waals surface area contributed by atoms with Crippen LogP contribution < -0.4 is 20.5 Å². The fraction of sp³-hybridized carbons (Fsp3) is 0.409. The van der Waals surface area contributed by atoms with Crippen molar-refractivity contribution in [2.45, 2.75) is 19.3 Å². The minimum absolute atomic E-state index is 0.463. The molecule has 0 fully saturated rings. The van der Waals surface area contributed by atoms with Gasteiger partial charge in [-0.2, -0.15) is 0 Å². The Labute approximate surface area is 167 Å². The summed E-state index contributed by atoms with van der Waals surface area (Å²) in [6, 6.07) is 16.2. The summed E-state index contributed by atoms with van der Waals surface area (Å²) in [5.41, 5.74) is 8.35. The lowest BCUT2D eigenvalue weighted by Gasteiger charge is -2.10. The van der Waals surface area contributed by atoms with Crippen molar-refractivity contribution in [3.05, 3.63) is 59.7 Å². The molecule has 0 bridgehead atoms. The molecule has 152 valence electrons. The molecule has 0 saturated carbocycles. The van der Waals surface area contributed by atoms with E-state index in [0.717, 1.165) is 42.9 Å². The highest BCUT2D eigenvalue weighted by molar-refractivity contribution is 5.77. The third-order valence-electron chi connectivity index (χ3n) is 4.27. The van der Waals surface area contributed by atoms with Gasteiger partial charge in [0.25, 0.3) is 0 Å². The quantitative estimate of drug-likeness (QED) is 0.334. The Kier molecular flexibility index (Phi) is 9.72. The van der Waals surface area contributed by atoms with Gasteiger partial charge in [-0.05, 0) is 42.5 Å². The van der Waals surface area contributed by atoms with E-state index in [2.05, 4.69) is 22.4 Å². The zero-order valence-electron chi connectivity index (χ0n) is 16.8. The molecule has 0 aliphatic heterocycles. The van der Waals surface area contributed by atoms with Crippen LogP contribution >= 0.6 is 0 Å². The minimum atomic E-state index is 0.463. The number of aliphatic imine (C=N–C) groups is 1. The standard InChI is InChI=1S/C22H31N3O3/c1-26-20-10-9-19(17-21(20)27-2)11-14-25-22(23)24-13-6-15-28-16-12-18-7-4-3-5-8-18/h3-5,7-10,17H,6,11-16H2,1-2H3,(H3,23,24,25). The monoisotopic (exact) mass is 385 g/mol. The number of hydrogen-bond acceptors (Lipinski definition) is 4. The van der Waals surface area contributed by atoms with Gasteiger partial charge in [-0.25, -0.2) is 0 Å². The number of methoxy groups -OCH3 is 2. The van der Waals surface area contributed by atoms with Crippen molar-refractivity contribution in [1.29, 1.82) is 0 Å². The number of nitrogens with one attached hydrogen (secondary N) is 1. The topological polar surface area (TPSA) is 78.1 Å². The number of nitrogens with two attached hydrogens (primary N) is 1. The van der Waals surface area contributed by atoms with Gasteiger partial charge in [-0.3, -0.25) is 4.99 Å². The van der Waals surface area contributed by atoms with Gasteiger partial charge < -0.3 is 25.3 Å². The zero-order valence-corrected chi connectivity index (χ0v) is 16.8.